The molecule has 1 heterocycles. The zero-order chi connectivity index (χ0) is 24.2. The molecule has 0 unspecified atom stereocenters. The number of carbonyl (C=O) groups is 3. The van der Waals surface area contributed by atoms with Gasteiger partial charge in [-0.2, -0.15) is 13.2 Å². The van der Waals surface area contributed by atoms with E-state index in [-0.39, 0.29) is 34.9 Å². The number of ether oxygens (including phenoxy) is 1. The van der Waals surface area contributed by atoms with Crippen LogP contribution in [-0.2, 0) is 15.8 Å². The monoisotopic (exact) mass is 470 g/mol. The molecule has 3 amide bonds. The Balaban J connectivity index is 1.52. The van der Waals surface area contributed by atoms with Gasteiger partial charge in [0.15, 0.2) is 0 Å². The Hall–Kier alpha value is -3.62. The molecule has 0 radical (unpaired) electrons. The van der Waals surface area contributed by atoms with Crippen molar-refractivity contribution in [2.45, 2.75) is 12.6 Å². The number of carbonyl (C=O) groups excluding carboxylic acids is 3. The SMILES string of the molecule is COc1cccc(C(=O)N(CN2C(=O)[C@@H]3[C@H](C2=O)[C@@H]2C=C[C@H]3C2)c2cccc(C(F)(F)F)c2)c1. The number of likely N-dealkylation sites (tertiary alicyclic amines) is 1. The summed E-state index contributed by atoms with van der Waals surface area (Å²) in [5.74, 6) is -2.03. The van der Waals surface area contributed by atoms with E-state index >= 15 is 0 Å². The summed E-state index contributed by atoms with van der Waals surface area (Å²) >= 11 is 0. The number of hydrogen-bond acceptors (Lipinski definition) is 4. The van der Waals surface area contributed by atoms with Gasteiger partial charge in [0.2, 0.25) is 11.8 Å². The summed E-state index contributed by atoms with van der Waals surface area (Å²) in [7, 11) is 1.43. The molecule has 34 heavy (non-hydrogen) atoms. The van der Waals surface area contributed by atoms with Crippen LogP contribution in [0.3, 0.4) is 0 Å². The molecule has 0 spiro atoms. The maximum Gasteiger partial charge on any atom is 0.416 e. The third-order valence-electron chi connectivity index (χ3n) is 6.89. The average molecular weight is 470 g/mol. The van der Waals surface area contributed by atoms with Crippen molar-refractivity contribution < 1.29 is 32.3 Å². The maximum absolute atomic E-state index is 13.5. The number of methoxy groups -OCH3 is 1. The lowest BCUT2D eigenvalue weighted by Gasteiger charge is -2.28. The molecule has 1 aliphatic heterocycles. The Bertz CT molecular complexity index is 1180. The van der Waals surface area contributed by atoms with Crippen LogP contribution < -0.4 is 9.64 Å². The van der Waals surface area contributed by atoms with E-state index in [9.17, 15) is 27.6 Å². The van der Waals surface area contributed by atoms with Crippen LogP contribution in [0.4, 0.5) is 18.9 Å². The van der Waals surface area contributed by atoms with E-state index in [1.165, 1.54) is 31.4 Å². The number of anilines is 1. The molecule has 2 bridgehead atoms. The predicted octanol–water partition coefficient (Wildman–Crippen LogP) is 4.13. The first-order valence-corrected chi connectivity index (χ1v) is 10.9. The fourth-order valence-corrected chi connectivity index (χ4v) is 5.27. The van der Waals surface area contributed by atoms with Gasteiger partial charge in [-0.3, -0.25) is 24.2 Å². The first-order chi connectivity index (χ1) is 16.2. The predicted molar refractivity (Wildman–Crippen MR) is 116 cm³/mol. The second-order valence-corrected chi connectivity index (χ2v) is 8.76. The van der Waals surface area contributed by atoms with Gasteiger partial charge in [-0.05, 0) is 54.7 Å². The van der Waals surface area contributed by atoms with Gasteiger partial charge in [0.1, 0.15) is 12.4 Å². The van der Waals surface area contributed by atoms with E-state index in [1.807, 2.05) is 12.2 Å². The van der Waals surface area contributed by atoms with Gasteiger partial charge >= 0.3 is 6.18 Å². The highest BCUT2D eigenvalue weighted by Crippen LogP contribution is 2.52. The van der Waals surface area contributed by atoms with Gasteiger partial charge in [-0.1, -0.05) is 24.3 Å². The minimum atomic E-state index is -4.62. The highest BCUT2D eigenvalue weighted by atomic mass is 19.4. The van der Waals surface area contributed by atoms with Crippen molar-refractivity contribution in [3.05, 3.63) is 71.8 Å². The first-order valence-electron chi connectivity index (χ1n) is 10.9. The first kappa shape index (κ1) is 22.2. The van der Waals surface area contributed by atoms with Gasteiger partial charge in [0.25, 0.3) is 5.91 Å². The molecule has 0 aromatic heterocycles. The van der Waals surface area contributed by atoms with Crippen molar-refractivity contribution in [2.24, 2.45) is 23.7 Å². The van der Waals surface area contributed by atoms with Crippen LogP contribution in [0.25, 0.3) is 0 Å². The van der Waals surface area contributed by atoms with Crippen LogP contribution in [0.15, 0.2) is 60.7 Å². The number of halogens is 3. The average Bonchev–Trinajstić information content (AvgIpc) is 3.51. The summed E-state index contributed by atoms with van der Waals surface area (Å²) in [5.41, 5.74) is -0.856. The summed E-state index contributed by atoms with van der Waals surface area (Å²) in [6, 6.07) is 10.4. The van der Waals surface area contributed by atoms with Gasteiger partial charge in [-0.25, -0.2) is 0 Å². The molecule has 2 aliphatic carbocycles. The molecule has 2 aromatic rings. The Labute approximate surface area is 193 Å². The number of allylic oxidation sites excluding steroid dienone is 2. The van der Waals surface area contributed by atoms with Crippen molar-refractivity contribution in [2.75, 3.05) is 18.7 Å². The lowest BCUT2D eigenvalue weighted by Crippen LogP contribution is -2.45. The van der Waals surface area contributed by atoms with Gasteiger partial charge in [0.05, 0.1) is 24.5 Å². The Kier molecular flexibility index (Phi) is 5.22. The summed E-state index contributed by atoms with van der Waals surface area (Å²) in [6.07, 6.45) is 0.0293. The van der Waals surface area contributed by atoms with Gasteiger partial charge in [0, 0.05) is 11.3 Å². The number of nitrogens with zero attached hydrogens (tertiary/aromatic N) is 2. The zero-order valence-corrected chi connectivity index (χ0v) is 18.2. The fourth-order valence-electron chi connectivity index (χ4n) is 5.27. The minimum absolute atomic E-state index is 0.0208. The lowest BCUT2D eigenvalue weighted by atomic mass is 9.85. The van der Waals surface area contributed by atoms with Crippen molar-refractivity contribution in [3.8, 4) is 5.75 Å². The van der Waals surface area contributed by atoms with E-state index in [4.69, 9.17) is 4.74 Å². The fraction of sp³-hybridized carbons (Fsp3) is 0.320. The maximum atomic E-state index is 13.5. The van der Waals surface area contributed by atoms with Crippen LogP contribution in [0.2, 0.25) is 0 Å². The van der Waals surface area contributed by atoms with Gasteiger partial charge in [-0.15, -0.1) is 0 Å². The second-order valence-electron chi connectivity index (χ2n) is 8.76. The molecule has 9 heteroatoms. The van der Waals surface area contributed by atoms with E-state index in [0.717, 1.165) is 28.4 Å². The standard InChI is InChI=1S/C25H21F3N2O4/c1-34-19-7-2-4-16(11-19)22(31)29(18-6-3-5-17(12-18)25(26,27)28)13-30-23(32)20-14-8-9-15(10-14)21(20)24(30)33/h2-9,11-12,14-15,20-21H,10,13H2,1H3/t14-,15+,20-,21+. The molecule has 4 atom stereocenters. The number of rotatable bonds is 5. The molecular weight excluding hydrogens is 449 g/mol. The van der Waals surface area contributed by atoms with Crippen LogP contribution >= 0.6 is 0 Å². The van der Waals surface area contributed by atoms with Crippen molar-refractivity contribution in [1.29, 1.82) is 0 Å². The van der Waals surface area contributed by atoms with E-state index in [1.54, 1.807) is 12.1 Å². The number of amides is 3. The Morgan fingerprint density at radius 1 is 1.03 bits per heavy atom. The summed E-state index contributed by atoms with van der Waals surface area (Å²) in [5, 5.41) is 0. The summed E-state index contributed by atoms with van der Waals surface area (Å²) in [6.45, 7) is -0.471. The topological polar surface area (TPSA) is 66.9 Å². The number of imide groups is 1. The largest absolute Gasteiger partial charge is 0.497 e. The van der Waals surface area contributed by atoms with E-state index in [0.29, 0.717) is 5.75 Å². The third kappa shape index (κ3) is 3.55. The molecule has 5 rings (SSSR count). The van der Waals surface area contributed by atoms with Crippen LogP contribution in [0.5, 0.6) is 5.75 Å². The zero-order valence-electron chi connectivity index (χ0n) is 18.2. The molecule has 176 valence electrons. The van der Waals surface area contributed by atoms with E-state index in [2.05, 4.69) is 0 Å². The van der Waals surface area contributed by atoms with Crippen LogP contribution in [0.1, 0.15) is 22.3 Å². The summed E-state index contributed by atoms with van der Waals surface area (Å²) in [4.78, 5) is 41.9. The number of benzene rings is 2. The molecule has 6 nitrogen and oxygen atoms in total. The van der Waals surface area contributed by atoms with Crippen molar-refractivity contribution in [3.63, 3.8) is 0 Å². The van der Waals surface area contributed by atoms with Crippen molar-refractivity contribution >= 4 is 23.4 Å². The molecule has 2 fully saturated rings. The molecular formula is C25H21F3N2O4. The number of hydrogen-bond donors (Lipinski definition) is 0. The number of fused-ring (bicyclic) bond motifs is 5. The molecule has 1 saturated heterocycles. The molecule has 0 N–H and O–H groups in total. The second kappa shape index (κ2) is 8.00. The minimum Gasteiger partial charge on any atom is -0.497 e. The molecule has 2 aromatic carbocycles. The van der Waals surface area contributed by atoms with E-state index < -0.39 is 36.2 Å². The highest BCUT2D eigenvalue weighted by Gasteiger charge is 2.59. The normalized spacial score (nSPS) is 25.1. The van der Waals surface area contributed by atoms with Crippen LogP contribution in [-0.4, -0.2) is 36.4 Å². The quantitative estimate of drug-likeness (QED) is 0.487. The Morgan fingerprint density at radius 2 is 1.68 bits per heavy atom. The lowest BCUT2D eigenvalue weighted by molar-refractivity contribution is -0.141. The molecule has 1 saturated carbocycles. The smallest absolute Gasteiger partial charge is 0.416 e. The summed E-state index contributed by atoms with van der Waals surface area (Å²) < 4.78 is 45.3. The molecule has 3 aliphatic rings. The van der Waals surface area contributed by atoms with Gasteiger partial charge < -0.3 is 4.74 Å². The van der Waals surface area contributed by atoms with Crippen LogP contribution in [0, 0.1) is 23.7 Å². The highest BCUT2D eigenvalue weighted by molar-refractivity contribution is 6.10. The number of alkyl halides is 3. The Morgan fingerprint density at radius 3 is 2.29 bits per heavy atom. The van der Waals surface area contributed by atoms with Crippen molar-refractivity contribution in [1.82, 2.24) is 4.90 Å². The third-order valence-corrected chi connectivity index (χ3v) is 6.89.